The van der Waals surface area contributed by atoms with E-state index >= 15 is 0 Å². The normalized spacial score (nSPS) is 21.5. The predicted octanol–water partition coefficient (Wildman–Crippen LogP) is 5.79. The number of carbonyl (C=O) groups excluding carboxylic acids is 1. The molecule has 0 bridgehead atoms. The number of hydrogen-bond donors (Lipinski definition) is 1. The minimum absolute atomic E-state index is 0.00699. The third kappa shape index (κ3) is 4.22. The summed E-state index contributed by atoms with van der Waals surface area (Å²) in [6.07, 6.45) is -4.77. The molecule has 10 heteroatoms. The Balaban J connectivity index is 1.96. The first kappa shape index (κ1) is 25.5. The Hall–Kier alpha value is -4.54. The number of carbonyl (C=O) groups is 1. The molecule has 1 saturated heterocycles. The van der Waals surface area contributed by atoms with Crippen molar-refractivity contribution in [1.82, 2.24) is 0 Å². The maximum atomic E-state index is 14.0. The molecule has 188 valence electrons. The van der Waals surface area contributed by atoms with Gasteiger partial charge >= 0.3 is 12.4 Å². The van der Waals surface area contributed by atoms with Crippen LogP contribution in [0.25, 0.3) is 0 Å². The average molecular weight is 506 g/mol. The second-order valence-corrected chi connectivity index (χ2v) is 8.65. The molecule has 0 aliphatic carbocycles. The Labute approximate surface area is 211 Å². The number of amides is 2. The molecule has 1 unspecified atom stereocenters. The minimum atomic E-state index is -4.96. The summed E-state index contributed by atoms with van der Waals surface area (Å²) in [5.74, 6) is -0.555. The summed E-state index contributed by atoms with van der Waals surface area (Å²) in [6.45, 7) is 3.37. The number of rotatable bonds is 5. The first-order valence-electron chi connectivity index (χ1n) is 11.2. The lowest BCUT2D eigenvalue weighted by Crippen LogP contribution is -2.57. The molecule has 1 N–H and O–H groups in total. The minimum Gasteiger partial charge on any atom is -0.406 e. The second kappa shape index (κ2) is 9.16. The number of nitrogens with zero attached hydrogens (tertiary/aromatic N) is 4. The Morgan fingerprint density at radius 3 is 1.89 bits per heavy atom. The Kier molecular flexibility index (Phi) is 6.32. The second-order valence-electron chi connectivity index (χ2n) is 8.65. The van der Waals surface area contributed by atoms with E-state index in [-0.39, 0.29) is 17.7 Å². The maximum Gasteiger partial charge on any atom is 0.573 e. The van der Waals surface area contributed by atoms with Crippen LogP contribution >= 0.6 is 0 Å². The molecule has 1 heterocycles. The molecule has 1 aliphatic rings. The fraction of sp³-hybridized carbons (Fsp3) is 0.222. The van der Waals surface area contributed by atoms with Gasteiger partial charge in [0.25, 0.3) is 0 Å². The van der Waals surface area contributed by atoms with Gasteiger partial charge in [0.1, 0.15) is 5.75 Å². The monoisotopic (exact) mass is 506 g/mol. The number of hydrogen-bond acceptors (Lipinski definition) is 5. The molecular formula is C27H21F3N4O3. The van der Waals surface area contributed by atoms with Crippen molar-refractivity contribution < 1.29 is 27.8 Å². The summed E-state index contributed by atoms with van der Waals surface area (Å²) in [4.78, 5) is 16.5. The summed E-state index contributed by atoms with van der Waals surface area (Å²) in [6, 6.07) is 20.3. The molecular weight excluding hydrogens is 485 g/mol. The summed E-state index contributed by atoms with van der Waals surface area (Å²) < 4.78 is 43.0. The van der Waals surface area contributed by atoms with Crippen LogP contribution < -0.4 is 14.5 Å². The predicted molar refractivity (Wildman–Crippen MR) is 128 cm³/mol. The van der Waals surface area contributed by atoms with E-state index in [2.05, 4.69) is 4.74 Å². The molecule has 0 radical (unpaired) electrons. The van der Waals surface area contributed by atoms with E-state index in [1.807, 2.05) is 12.1 Å². The van der Waals surface area contributed by atoms with Crippen molar-refractivity contribution >= 4 is 17.4 Å². The van der Waals surface area contributed by atoms with Crippen molar-refractivity contribution in [2.75, 3.05) is 9.80 Å². The van der Waals surface area contributed by atoms with Crippen molar-refractivity contribution in [2.45, 2.75) is 37.9 Å². The van der Waals surface area contributed by atoms with E-state index in [4.69, 9.17) is 0 Å². The Morgan fingerprint density at radius 2 is 1.43 bits per heavy atom. The van der Waals surface area contributed by atoms with Gasteiger partial charge in [-0.15, -0.1) is 13.2 Å². The maximum absolute atomic E-state index is 14.0. The van der Waals surface area contributed by atoms with Gasteiger partial charge in [-0.05, 0) is 74.0 Å². The molecule has 4 rings (SSSR count). The average Bonchev–Trinajstić information content (AvgIpc) is 3.06. The third-order valence-electron chi connectivity index (χ3n) is 6.62. The van der Waals surface area contributed by atoms with Crippen molar-refractivity contribution in [2.24, 2.45) is 0 Å². The fourth-order valence-corrected chi connectivity index (χ4v) is 4.66. The van der Waals surface area contributed by atoms with E-state index in [1.165, 1.54) is 53.4 Å². The standard InChI is InChI=1S/C27H21F3N4O3/c1-3-25(2)26(36,20-5-4-6-23(15-20)37-27(28,29)30)34(22-13-9-19(17-32)10-14-22)24(35)33(25)21-11-7-18(16-31)8-12-21/h4-15,36H,3H2,1-2H3/t25-,26?/m1/s1. The first-order chi connectivity index (χ1) is 17.5. The summed E-state index contributed by atoms with van der Waals surface area (Å²) in [5, 5.41) is 30.8. The van der Waals surface area contributed by atoms with Crippen molar-refractivity contribution in [3.8, 4) is 17.9 Å². The van der Waals surface area contributed by atoms with E-state index in [0.717, 1.165) is 17.0 Å². The van der Waals surface area contributed by atoms with Crippen LogP contribution in [0.5, 0.6) is 5.75 Å². The number of anilines is 2. The van der Waals surface area contributed by atoms with Crippen molar-refractivity contribution in [3.63, 3.8) is 0 Å². The SMILES string of the molecule is CC[C@@]1(C)N(c2ccc(C#N)cc2)C(=O)N(c2ccc(C#N)cc2)C1(O)c1cccc(OC(F)(F)F)c1. The highest BCUT2D eigenvalue weighted by Gasteiger charge is 2.65. The molecule has 3 aromatic rings. The number of alkyl halides is 3. The number of urea groups is 1. The fourth-order valence-electron chi connectivity index (χ4n) is 4.66. The lowest BCUT2D eigenvalue weighted by atomic mass is 9.80. The lowest BCUT2D eigenvalue weighted by Gasteiger charge is -2.44. The van der Waals surface area contributed by atoms with E-state index in [1.54, 1.807) is 26.0 Å². The zero-order valence-corrected chi connectivity index (χ0v) is 19.8. The molecule has 0 spiro atoms. The highest BCUT2D eigenvalue weighted by Crippen LogP contribution is 2.52. The summed E-state index contributed by atoms with van der Waals surface area (Å²) in [7, 11) is 0. The van der Waals surface area contributed by atoms with Crippen LogP contribution in [0.2, 0.25) is 0 Å². The van der Waals surface area contributed by atoms with Gasteiger partial charge in [0, 0.05) is 16.9 Å². The Morgan fingerprint density at radius 1 is 0.919 bits per heavy atom. The van der Waals surface area contributed by atoms with Gasteiger partial charge < -0.3 is 9.84 Å². The van der Waals surface area contributed by atoms with Crippen LogP contribution in [0, 0.1) is 22.7 Å². The van der Waals surface area contributed by atoms with Crippen LogP contribution in [0.15, 0.2) is 72.8 Å². The van der Waals surface area contributed by atoms with E-state index in [9.17, 15) is 33.6 Å². The molecule has 0 aromatic heterocycles. The topological polar surface area (TPSA) is 101 Å². The number of ether oxygens (including phenoxy) is 1. The van der Waals surface area contributed by atoms with E-state index < -0.39 is 29.4 Å². The van der Waals surface area contributed by atoms with Crippen molar-refractivity contribution in [3.05, 3.63) is 89.5 Å². The zero-order chi connectivity index (χ0) is 27.0. The van der Waals surface area contributed by atoms with Gasteiger partial charge in [0.15, 0.2) is 5.72 Å². The van der Waals surface area contributed by atoms with Gasteiger partial charge in [-0.3, -0.25) is 9.80 Å². The highest BCUT2D eigenvalue weighted by atomic mass is 19.4. The molecule has 7 nitrogen and oxygen atoms in total. The van der Waals surface area contributed by atoms with Crippen LogP contribution in [-0.2, 0) is 5.72 Å². The van der Waals surface area contributed by atoms with Gasteiger partial charge in [0.2, 0.25) is 0 Å². The molecule has 1 aliphatic heterocycles. The summed E-state index contributed by atoms with van der Waals surface area (Å²) in [5.41, 5.74) is -2.29. The van der Waals surface area contributed by atoms with Gasteiger partial charge in [-0.1, -0.05) is 19.1 Å². The first-order valence-corrected chi connectivity index (χ1v) is 11.2. The van der Waals surface area contributed by atoms with Crippen LogP contribution in [0.3, 0.4) is 0 Å². The molecule has 2 atom stereocenters. The quantitative estimate of drug-likeness (QED) is 0.472. The van der Waals surface area contributed by atoms with Crippen molar-refractivity contribution in [1.29, 1.82) is 10.5 Å². The van der Waals surface area contributed by atoms with Gasteiger partial charge in [-0.25, -0.2) is 4.79 Å². The number of aliphatic hydroxyl groups is 1. The third-order valence-corrected chi connectivity index (χ3v) is 6.62. The van der Waals surface area contributed by atoms with Crippen LogP contribution in [-0.4, -0.2) is 23.0 Å². The molecule has 0 saturated carbocycles. The summed E-state index contributed by atoms with van der Waals surface area (Å²) >= 11 is 0. The largest absolute Gasteiger partial charge is 0.573 e. The zero-order valence-electron chi connectivity index (χ0n) is 19.8. The highest BCUT2D eigenvalue weighted by molar-refractivity contribution is 6.09. The number of benzene rings is 3. The molecule has 1 fully saturated rings. The molecule has 3 aromatic carbocycles. The molecule has 37 heavy (non-hydrogen) atoms. The van der Waals surface area contributed by atoms with Gasteiger partial charge in [-0.2, -0.15) is 10.5 Å². The smallest absolute Gasteiger partial charge is 0.406 e. The Bertz CT molecular complexity index is 1410. The lowest BCUT2D eigenvalue weighted by molar-refractivity contribution is -0.274. The van der Waals surface area contributed by atoms with E-state index in [0.29, 0.717) is 16.8 Å². The van der Waals surface area contributed by atoms with Crippen LogP contribution in [0.4, 0.5) is 29.3 Å². The van der Waals surface area contributed by atoms with Gasteiger partial charge in [0.05, 0.1) is 28.8 Å². The number of halogens is 3. The van der Waals surface area contributed by atoms with Crippen LogP contribution in [0.1, 0.15) is 37.0 Å². The number of nitriles is 2. The molecule has 2 amide bonds.